The van der Waals surface area contributed by atoms with Gasteiger partial charge >= 0.3 is 0 Å². The third-order valence-corrected chi connectivity index (χ3v) is 5.40. The van der Waals surface area contributed by atoms with Crippen molar-refractivity contribution in [2.75, 3.05) is 0 Å². The van der Waals surface area contributed by atoms with Crippen molar-refractivity contribution in [3.63, 3.8) is 0 Å². The highest BCUT2D eigenvalue weighted by Gasteiger charge is 2.37. The minimum absolute atomic E-state index is 0.219. The van der Waals surface area contributed by atoms with Gasteiger partial charge in [-0.15, -0.1) is 0 Å². The molecule has 4 heteroatoms. The van der Waals surface area contributed by atoms with Gasteiger partial charge in [-0.2, -0.15) is 5.10 Å². The Morgan fingerprint density at radius 1 is 1.45 bits per heavy atom. The van der Waals surface area contributed by atoms with Crippen LogP contribution in [0.15, 0.2) is 0 Å². The van der Waals surface area contributed by atoms with E-state index < -0.39 is 0 Å². The van der Waals surface area contributed by atoms with Gasteiger partial charge in [0.05, 0.1) is 22.5 Å². The largest absolute Gasteiger partial charge is 0.392 e. The lowest BCUT2D eigenvalue weighted by Crippen LogP contribution is -2.38. The lowest BCUT2D eigenvalue weighted by Gasteiger charge is -2.41. The molecule has 0 amide bonds. The van der Waals surface area contributed by atoms with Crippen molar-refractivity contribution in [2.45, 2.75) is 72.4 Å². The maximum Gasteiger partial charge on any atom is 0.0848 e. The Balaban J connectivity index is 2.17. The molecule has 2 atom stereocenters. The van der Waals surface area contributed by atoms with Crippen molar-refractivity contribution < 1.29 is 5.11 Å². The van der Waals surface area contributed by atoms with Gasteiger partial charge < -0.3 is 5.11 Å². The van der Waals surface area contributed by atoms with Gasteiger partial charge in [0, 0.05) is 13.0 Å². The second kappa shape index (κ2) is 6.07. The van der Waals surface area contributed by atoms with Crippen LogP contribution in [0.1, 0.15) is 57.8 Å². The Bertz CT molecular complexity index is 467. The number of aliphatic hydroxyl groups excluding tert-OH is 1. The maximum atomic E-state index is 10.7. The highest BCUT2D eigenvalue weighted by Crippen LogP contribution is 2.43. The molecule has 0 aromatic carbocycles. The molecule has 3 nitrogen and oxygen atoms in total. The van der Waals surface area contributed by atoms with Crippen LogP contribution in [0.25, 0.3) is 0 Å². The van der Waals surface area contributed by atoms with Gasteiger partial charge in [0.2, 0.25) is 0 Å². The van der Waals surface area contributed by atoms with E-state index in [4.69, 9.17) is 11.6 Å². The Hall–Kier alpha value is -0.540. The van der Waals surface area contributed by atoms with Gasteiger partial charge in [-0.25, -0.2) is 0 Å². The molecule has 2 unspecified atom stereocenters. The fourth-order valence-electron chi connectivity index (χ4n) is 3.64. The van der Waals surface area contributed by atoms with E-state index in [-0.39, 0.29) is 11.5 Å². The van der Waals surface area contributed by atoms with E-state index in [0.717, 1.165) is 29.4 Å². The van der Waals surface area contributed by atoms with Crippen LogP contribution in [0.4, 0.5) is 0 Å². The highest BCUT2D eigenvalue weighted by atomic mass is 35.5. The smallest absolute Gasteiger partial charge is 0.0848 e. The lowest BCUT2D eigenvalue weighted by molar-refractivity contribution is 0.00479. The molecule has 0 saturated heterocycles. The summed E-state index contributed by atoms with van der Waals surface area (Å²) in [5.74, 6) is 0.354. The molecule has 114 valence electrons. The molecule has 1 aromatic rings. The molecule has 0 radical (unpaired) electrons. The molecule has 1 saturated carbocycles. The van der Waals surface area contributed by atoms with E-state index in [1.165, 1.54) is 19.3 Å². The van der Waals surface area contributed by atoms with E-state index in [0.29, 0.717) is 12.3 Å². The van der Waals surface area contributed by atoms with Gasteiger partial charge in [-0.05, 0) is 38.0 Å². The van der Waals surface area contributed by atoms with E-state index in [2.05, 4.69) is 25.9 Å². The lowest BCUT2D eigenvalue weighted by atomic mass is 9.66. The maximum absolute atomic E-state index is 10.7. The van der Waals surface area contributed by atoms with Crippen molar-refractivity contribution >= 4 is 11.6 Å². The number of halogens is 1. The predicted molar refractivity (Wildman–Crippen MR) is 83.1 cm³/mol. The fraction of sp³-hybridized carbons (Fsp3) is 0.812. The van der Waals surface area contributed by atoms with Gasteiger partial charge in [-0.1, -0.05) is 38.3 Å². The third kappa shape index (κ3) is 3.04. The standard InChI is InChI=1S/C16H27ClN2O/c1-5-19-13(15(17)11(2)18-19)10-14(20)12-8-6-7-9-16(12,3)4/h12,14,20H,5-10H2,1-4H3. The van der Waals surface area contributed by atoms with Gasteiger partial charge in [0.15, 0.2) is 0 Å². The summed E-state index contributed by atoms with van der Waals surface area (Å²) in [5.41, 5.74) is 2.06. The fourth-order valence-corrected chi connectivity index (χ4v) is 3.85. The quantitative estimate of drug-likeness (QED) is 0.913. The van der Waals surface area contributed by atoms with Crippen LogP contribution >= 0.6 is 11.6 Å². The van der Waals surface area contributed by atoms with Crippen LogP contribution in [-0.2, 0) is 13.0 Å². The van der Waals surface area contributed by atoms with Crippen LogP contribution in [0.2, 0.25) is 5.02 Å². The summed E-state index contributed by atoms with van der Waals surface area (Å²) in [5, 5.41) is 15.9. The van der Waals surface area contributed by atoms with Crippen LogP contribution in [-0.4, -0.2) is 21.0 Å². The number of hydrogen-bond donors (Lipinski definition) is 1. The molecule has 1 N–H and O–H groups in total. The molecule has 1 aliphatic carbocycles. The Morgan fingerprint density at radius 3 is 2.75 bits per heavy atom. The summed E-state index contributed by atoms with van der Waals surface area (Å²) >= 11 is 6.35. The molecule has 0 bridgehead atoms. The second-order valence-corrected chi connectivity index (χ2v) is 7.15. The number of rotatable bonds is 4. The predicted octanol–water partition coefficient (Wildman–Crippen LogP) is 3.98. The monoisotopic (exact) mass is 298 g/mol. The van der Waals surface area contributed by atoms with E-state index in [1.807, 2.05) is 11.6 Å². The molecule has 1 aromatic heterocycles. The summed E-state index contributed by atoms with van der Waals surface area (Å²) in [6.07, 6.45) is 5.11. The first-order valence-electron chi connectivity index (χ1n) is 7.76. The van der Waals surface area contributed by atoms with Crippen LogP contribution in [0.3, 0.4) is 0 Å². The zero-order valence-corrected chi connectivity index (χ0v) is 13.9. The number of hydrogen-bond acceptors (Lipinski definition) is 2. The van der Waals surface area contributed by atoms with E-state index in [9.17, 15) is 5.11 Å². The first kappa shape index (κ1) is 15.8. The average molecular weight is 299 g/mol. The number of aliphatic hydroxyl groups is 1. The summed E-state index contributed by atoms with van der Waals surface area (Å²) in [4.78, 5) is 0. The normalized spacial score (nSPS) is 23.8. The molecule has 1 heterocycles. The molecular formula is C16H27ClN2O. The Labute approximate surface area is 127 Å². The Kier molecular flexibility index (Phi) is 4.80. The SMILES string of the molecule is CCn1nc(C)c(Cl)c1CC(O)C1CCCCC1(C)C. The van der Waals surface area contributed by atoms with Crippen molar-refractivity contribution in [1.82, 2.24) is 9.78 Å². The number of aromatic nitrogens is 2. The zero-order valence-electron chi connectivity index (χ0n) is 13.1. The first-order chi connectivity index (χ1) is 9.36. The molecule has 2 rings (SSSR count). The summed E-state index contributed by atoms with van der Waals surface area (Å²) in [7, 11) is 0. The number of nitrogens with zero attached hydrogens (tertiary/aromatic N) is 2. The first-order valence-corrected chi connectivity index (χ1v) is 8.14. The molecule has 1 aliphatic rings. The highest BCUT2D eigenvalue weighted by molar-refractivity contribution is 6.31. The third-order valence-electron chi connectivity index (χ3n) is 4.91. The molecular weight excluding hydrogens is 272 g/mol. The van der Waals surface area contributed by atoms with E-state index in [1.54, 1.807) is 0 Å². The molecule has 1 fully saturated rings. The summed E-state index contributed by atoms with van der Waals surface area (Å²) in [6, 6.07) is 0. The molecule has 0 spiro atoms. The minimum Gasteiger partial charge on any atom is -0.392 e. The molecule has 20 heavy (non-hydrogen) atoms. The van der Waals surface area contributed by atoms with E-state index >= 15 is 0 Å². The minimum atomic E-state index is -0.329. The summed E-state index contributed by atoms with van der Waals surface area (Å²) in [6.45, 7) is 9.34. The van der Waals surface area contributed by atoms with Crippen LogP contribution in [0, 0.1) is 18.3 Å². The zero-order chi connectivity index (χ0) is 14.9. The average Bonchev–Trinajstić information content (AvgIpc) is 2.65. The topological polar surface area (TPSA) is 38.0 Å². The van der Waals surface area contributed by atoms with Gasteiger partial charge in [-0.3, -0.25) is 4.68 Å². The number of aryl methyl sites for hydroxylation is 2. The van der Waals surface area contributed by atoms with Crippen molar-refractivity contribution in [3.8, 4) is 0 Å². The Morgan fingerprint density at radius 2 is 2.15 bits per heavy atom. The van der Waals surface area contributed by atoms with Crippen molar-refractivity contribution in [3.05, 3.63) is 16.4 Å². The van der Waals surface area contributed by atoms with Gasteiger partial charge in [0.25, 0.3) is 0 Å². The molecule has 0 aliphatic heterocycles. The van der Waals surface area contributed by atoms with Crippen molar-refractivity contribution in [2.24, 2.45) is 11.3 Å². The summed E-state index contributed by atoms with van der Waals surface area (Å²) < 4.78 is 1.93. The van der Waals surface area contributed by atoms with Gasteiger partial charge in [0.1, 0.15) is 0 Å². The van der Waals surface area contributed by atoms with Crippen molar-refractivity contribution in [1.29, 1.82) is 0 Å². The van der Waals surface area contributed by atoms with Crippen LogP contribution < -0.4 is 0 Å². The second-order valence-electron chi connectivity index (χ2n) is 6.77. The van der Waals surface area contributed by atoms with Crippen LogP contribution in [0.5, 0.6) is 0 Å².